The second-order valence-corrected chi connectivity index (χ2v) is 32.3. The Balaban J connectivity index is 3.35. The minimum atomic E-state index is -2.09. The molecule has 1 aliphatic heterocycles. The first-order chi connectivity index (χ1) is 19.1. The fraction of sp³-hybridized carbons (Fsp3) is 0.971. The van der Waals surface area contributed by atoms with Crippen LogP contribution in [0.2, 0.25) is 54.4 Å². The maximum Gasteiger partial charge on any atom is 0.192 e. The molecule has 0 aromatic carbocycles. The molecular weight excluding hydrogens is 589 g/mol. The van der Waals surface area contributed by atoms with E-state index in [9.17, 15) is 4.79 Å². The molecule has 0 N–H and O–H groups in total. The Labute approximate surface area is 270 Å². The summed E-state index contributed by atoms with van der Waals surface area (Å²) < 4.78 is 34.4. The van der Waals surface area contributed by atoms with Crippen LogP contribution in [0.5, 0.6) is 0 Å². The number of carbonyl (C=O) groups is 1. The zero-order chi connectivity index (χ0) is 34.0. The largest absolute Gasteiger partial charge is 0.414 e. The van der Waals surface area contributed by atoms with Crippen molar-refractivity contribution in [3.63, 3.8) is 0 Å². The number of ether oxygens (including phenoxy) is 2. The van der Waals surface area contributed by atoms with Gasteiger partial charge in [0.2, 0.25) is 0 Å². The summed E-state index contributed by atoms with van der Waals surface area (Å²) in [7, 11) is -6.15. The number of ketones is 1. The molecule has 1 rings (SSSR count). The van der Waals surface area contributed by atoms with Crippen LogP contribution < -0.4 is 0 Å². The molecule has 1 aliphatic rings. The van der Waals surface area contributed by atoms with Gasteiger partial charge in [-0.3, -0.25) is 4.79 Å². The van der Waals surface area contributed by atoms with Crippen LogP contribution in [-0.2, 0) is 27.5 Å². The van der Waals surface area contributed by atoms with Gasteiger partial charge in [-0.15, -0.1) is 0 Å². The minimum Gasteiger partial charge on any atom is -0.414 e. The molecule has 0 bridgehead atoms. The van der Waals surface area contributed by atoms with E-state index < -0.39 is 31.2 Å². The summed E-state index contributed by atoms with van der Waals surface area (Å²) in [6.45, 7) is 43.0. The smallest absolute Gasteiger partial charge is 0.192 e. The Morgan fingerprint density at radius 2 is 1.33 bits per heavy atom. The quantitative estimate of drug-likeness (QED) is 0.163. The fourth-order valence-electron chi connectivity index (χ4n) is 4.57. The van der Waals surface area contributed by atoms with Gasteiger partial charge in [0.25, 0.3) is 0 Å². The van der Waals surface area contributed by atoms with E-state index in [1.807, 2.05) is 0 Å². The lowest BCUT2D eigenvalue weighted by Crippen LogP contribution is -2.49. The second kappa shape index (κ2) is 14.9. The molecule has 0 saturated carbocycles. The van der Waals surface area contributed by atoms with E-state index in [2.05, 4.69) is 122 Å². The van der Waals surface area contributed by atoms with E-state index in [1.165, 1.54) is 0 Å². The maximum absolute atomic E-state index is 12.4. The standard InChI is InChI=1S/C34H72O6Si3/c1-20-24(2)28(22-27(21-25(3)35)39-42(16,17)33(8,9)10)37-31-26(4)30(40-43(18,19)34(11,12)13)29(38-31)23-36-41(14,15)32(5,6)7/h24,26-31H,20-23H2,1-19H3/t24-,26?,27+,28-,29-,30?,31+/m0/s1. The third kappa shape index (κ3) is 11.4. The topological polar surface area (TPSA) is 63.2 Å². The van der Waals surface area contributed by atoms with Crippen LogP contribution in [-0.4, -0.2) is 68.0 Å². The molecule has 0 aromatic heterocycles. The summed E-state index contributed by atoms with van der Waals surface area (Å²) in [5.74, 6) is 0.486. The van der Waals surface area contributed by atoms with Gasteiger partial charge in [-0.2, -0.15) is 0 Å². The van der Waals surface area contributed by atoms with E-state index in [1.54, 1.807) is 6.92 Å². The molecule has 0 amide bonds. The summed E-state index contributed by atoms with van der Waals surface area (Å²) in [6.07, 6.45) is 1.07. The molecule has 7 atom stereocenters. The Morgan fingerprint density at radius 1 is 0.837 bits per heavy atom. The zero-order valence-electron chi connectivity index (χ0n) is 31.8. The predicted molar refractivity (Wildman–Crippen MR) is 189 cm³/mol. The Hall–Kier alpha value is 0.121. The molecular formula is C34H72O6Si3. The lowest BCUT2D eigenvalue weighted by molar-refractivity contribution is -0.194. The monoisotopic (exact) mass is 660 g/mol. The van der Waals surface area contributed by atoms with Crippen molar-refractivity contribution in [2.45, 2.75) is 194 Å². The van der Waals surface area contributed by atoms with Crippen molar-refractivity contribution in [3.8, 4) is 0 Å². The van der Waals surface area contributed by atoms with Gasteiger partial charge in [0.15, 0.2) is 31.2 Å². The highest BCUT2D eigenvalue weighted by Gasteiger charge is 2.51. The summed E-state index contributed by atoms with van der Waals surface area (Å²) in [5.41, 5.74) is 0. The van der Waals surface area contributed by atoms with E-state index in [0.29, 0.717) is 19.4 Å². The molecule has 0 radical (unpaired) electrons. The molecule has 1 saturated heterocycles. The van der Waals surface area contributed by atoms with E-state index in [4.69, 9.17) is 22.8 Å². The van der Waals surface area contributed by atoms with E-state index >= 15 is 0 Å². The van der Waals surface area contributed by atoms with Crippen LogP contribution >= 0.6 is 0 Å². The Kier molecular flexibility index (Phi) is 14.3. The van der Waals surface area contributed by atoms with Crippen molar-refractivity contribution in [3.05, 3.63) is 0 Å². The van der Waals surface area contributed by atoms with Gasteiger partial charge in [0.1, 0.15) is 11.9 Å². The summed E-state index contributed by atoms with van der Waals surface area (Å²) in [4.78, 5) is 12.4. The molecule has 1 fully saturated rings. The van der Waals surface area contributed by atoms with Crippen LogP contribution in [0.4, 0.5) is 0 Å². The van der Waals surface area contributed by atoms with Crippen LogP contribution in [0.25, 0.3) is 0 Å². The Bertz CT molecular complexity index is 884. The van der Waals surface area contributed by atoms with Gasteiger partial charge >= 0.3 is 0 Å². The SMILES string of the molecule is CC[C@H](C)[C@H](C[C@@H](CC(C)=O)O[Si](C)(C)C(C)(C)C)O[C@@H]1O[C@@H](CO[Si](C)(C)C(C)(C)C)C(O[Si](C)(C)C(C)(C)C)C1C. The summed E-state index contributed by atoms with van der Waals surface area (Å²) in [6, 6.07) is 0. The van der Waals surface area contributed by atoms with Gasteiger partial charge in [0, 0.05) is 12.3 Å². The molecule has 256 valence electrons. The van der Waals surface area contributed by atoms with Crippen molar-refractivity contribution < 1.29 is 27.5 Å². The highest BCUT2D eigenvalue weighted by Crippen LogP contribution is 2.44. The fourth-order valence-corrected chi connectivity index (χ4v) is 8.35. The zero-order valence-corrected chi connectivity index (χ0v) is 34.8. The van der Waals surface area contributed by atoms with Crippen molar-refractivity contribution >= 4 is 30.7 Å². The van der Waals surface area contributed by atoms with Gasteiger partial charge in [0.05, 0.1) is 24.9 Å². The number of hydrogen-bond acceptors (Lipinski definition) is 6. The first-order valence-corrected chi connectivity index (χ1v) is 25.6. The highest BCUT2D eigenvalue weighted by atomic mass is 28.4. The van der Waals surface area contributed by atoms with Crippen LogP contribution in [0.1, 0.15) is 109 Å². The van der Waals surface area contributed by atoms with Gasteiger partial charge in [-0.25, -0.2) is 0 Å². The molecule has 6 nitrogen and oxygen atoms in total. The average Bonchev–Trinajstić information content (AvgIpc) is 3.07. The van der Waals surface area contributed by atoms with Crippen molar-refractivity contribution in [2.24, 2.45) is 11.8 Å². The molecule has 2 unspecified atom stereocenters. The van der Waals surface area contributed by atoms with Crippen LogP contribution in [0.3, 0.4) is 0 Å². The third-order valence-corrected chi connectivity index (χ3v) is 24.6. The Morgan fingerprint density at radius 3 is 1.74 bits per heavy atom. The number of Topliss-reactive ketones (excluding diaryl/α,β-unsaturated/α-hetero) is 1. The minimum absolute atomic E-state index is 0.0428. The summed E-state index contributed by atoms with van der Waals surface area (Å²) in [5, 5.41) is 0.251. The van der Waals surface area contributed by atoms with Crippen molar-refractivity contribution in [2.75, 3.05) is 6.61 Å². The summed E-state index contributed by atoms with van der Waals surface area (Å²) >= 11 is 0. The molecule has 9 heteroatoms. The van der Waals surface area contributed by atoms with E-state index in [-0.39, 0.29) is 57.1 Å². The third-order valence-electron chi connectivity index (χ3n) is 11.1. The number of rotatable bonds is 15. The number of hydrogen-bond donors (Lipinski definition) is 0. The highest BCUT2D eigenvalue weighted by molar-refractivity contribution is 6.75. The second-order valence-electron chi connectivity index (χ2n) is 18.0. The van der Waals surface area contributed by atoms with Crippen molar-refractivity contribution in [1.29, 1.82) is 0 Å². The van der Waals surface area contributed by atoms with Gasteiger partial charge in [-0.1, -0.05) is 89.5 Å². The molecule has 0 aliphatic carbocycles. The van der Waals surface area contributed by atoms with Crippen LogP contribution in [0.15, 0.2) is 0 Å². The molecule has 0 aromatic rings. The first kappa shape index (κ1) is 41.1. The first-order valence-electron chi connectivity index (χ1n) is 16.9. The molecule has 43 heavy (non-hydrogen) atoms. The van der Waals surface area contributed by atoms with Crippen molar-refractivity contribution in [1.82, 2.24) is 0 Å². The predicted octanol–water partition coefficient (Wildman–Crippen LogP) is 9.95. The van der Waals surface area contributed by atoms with Gasteiger partial charge < -0.3 is 22.8 Å². The molecule has 1 heterocycles. The lowest BCUT2D eigenvalue weighted by Gasteiger charge is -2.41. The van der Waals surface area contributed by atoms with Gasteiger partial charge in [-0.05, 0) is 73.7 Å². The maximum atomic E-state index is 12.4. The molecule has 0 spiro atoms. The number of carbonyl (C=O) groups excluding carboxylic acids is 1. The normalized spacial score (nSPS) is 25.1. The van der Waals surface area contributed by atoms with E-state index in [0.717, 1.165) is 6.42 Å². The average molecular weight is 661 g/mol. The lowest BCUT2D eigenvalue weighted by atomic mass is 9.94. The van der Waals surface area contributed by atoms with Crippen LogP contribution in [0, 0.1) is 11.8 Å².